The van der Waals surface area contributed by atoms with Crippen LogP contribution in [0.15, 0.2) is 29.5 Å². The van der Waals surface area contributed by atoms with Gasteiger partial charge < -0.3 is 130 Å². The van der Waals surface area contributed by atoms with Gasteiger partial charge in [-0.3, -0.25) is 28.7 Å². The lowest BCUT2D eigenvalue weighted by Crippen LogP contribution is -2.63. The standard InChI is InChI=1S/C68H99N7O29/c1-32-22-34(23-37(69)51(32)82)101-39-25-68(94,24-36-48(39)56(87)50-49(53(36)84)52(83)35-14-13-15-38(95-2)47(35)55(50)86)43(29-77)72-73-45(79)17-7-4-10-19-75-27-33(71-74-75)26-70-44(78)16-8-5-11-20-98-64-42(31-99-66-60(91)57(88)54(85)40(28-76)102-66)104-67(62(93)59(64)90)100-30-41-63(58(89)61(92)65(96-3)103-41)97-21-12-6-9-18-46(80)81/h13-15,27,32,34,37,39-42,51,54,57-67,76-77,82,84-85,87-94H,4-12,16-26,28-31,69H2,1-3H3,(H,70,78)(H,73,79)(H,80,81)/b72-43+/t32?,34?,37?,39?,40-,41-,42-,51?,54-,57+,58-,59-,60-,61-,62-,63-,64-,65+,66+,67+,68+/m1/s1. The minimum absolute atomic E-state index is 0.0176. The number of aliphatic carboxylic acids is 1. The molecular weight excluding hydrogens is 1380 g/mol. The first-order chi connectivity index (χ1) is 49.7. The van der Waals surface area contributed by atoms with Gasteiger partial charge in [0.1, 0.15) is 102 Å². The summed E-state index contributed by atoms with van der Waals surface area (Å²) in [5.41, 5.74) is 5.25. The third kappa shape index (κ3) is 19.3. The number of nitrogens with two attached hydrogens (primary N) is 1. The number of aryl methyl sites for hydroxylation is 1. The number of ether oxygens (including phenoxy) is 10. The number of aromatic nitrogens is 3. The summed E-state index contributed by atoms with van der Waals surface area (Å²) in [5, 5.41) is 168. The second-order valence-corrected chi connectivity index (χ2v) is 27.3. The van der Waals surface area contributed by atoms with Crippen molar-refractivity contribution in [3.63, 3.8) is 0 Å². The van der Waals surface area contributed by atoms with E-state index in [0.717, 1.165) is 0 Å². The Kier molecular flexibility index (Phi) is 29.4. The van der Waals surface area contributed by atoms with E-state index in [1.54, 1.807) is 17.8 Å². The summed E-state index contributed by atoms with van der Waals surface area (Å²) in [5.74, 6) is -4.99. The Balaban J connectivity index is 0.717. The Hall–Kier alpha value is -6.44. The Morgan fingerprint density at radius 1 is 0.692 bits per heavy atom. The Morgan fingerprint density at radius 2 is 1.29 bits per heavy atom. The molecule has 4 heterocycles. The average Bonchev–Trinajstić information content (AvgIpc) is 0.718. The number of benzene rings is 2. The molecule has 3 aromatic rings. The third-order valence-electron chi connectivity index (χ3n) is 19.9. The predicted molar refractivity (Wildman–Crippen MR) is 354 cm³/mol. The minimum atomic E-state index is -2.17. The summed E-state index contributed by atoms with van der Waals surface area (Å²) < 4.78 is 59.8. The van der Waals surface area contributed by atoms with Gasteiger partial charge in [-0.05, 0) is 63.4 Å². The van der Waals surface area contributed by atoms with Crippen molar-refractivity contribution in [3.05, 3.63) is 63.5 Å². The number of unbranched alkanes of at least 4 members (excludes halogenated alkanes) is 6. The number of phenolic OH excluding ortho intramolecular Hbond substituents is 2. The summed E-state index contributed by atoms with van der Waals surface area (Å²) in [4.78, 5) is 65.3. The molecule has 580 valence electrons. The van der Waals surface area contributed by atoms with Crippen molar-refractivity contribution in [1.29, 1.82) is 0 Å². The summed E-state index contributed by atoms with van der Waals surface area (Å²) in [7, 11) is 2.55. The number of aliphatic hydroxyl groups is 11. The van der Waals surface area contributed by atoms with Gasteiger partial charge in [0.25, 0.3) is 0 Å². The molecule has 18 N–H and O–H groups in total. The first-order valence-electron chi connectivity index (χ1n) is 35.1. The second-order valence-electron chi connectivity index (χ2n) is 27.3. The zero-order chi connectivity index (χ0) is 75.3. The van der Waals surface area contributed by atoms with Crippen LogP contribution in [0.25, 0.3) is 0 Å². The molecule has 2 aromatic carbocycles. The van der Waals surface area contributed by atoms with E-state index in [1.165, 1.54) is 32.4 Å². The number of methoxy groups -OCH3 is 2. The van der Waals surface area contributed by atoms with E-state index in [0.29, 0.717) is 76.4 Å². The van der Waals surface area contributed by atoms with Gasteiger partial charge in [-0.2, -0.15) is 5.10 Å². The van der Waals surface area contributed by atoms with Gasteiger partial charge >= 0.3 is 5.97 Å². The maximum Gasteiger partial charge on any atom is 0.303 e. The van der Waals surface area contributed by atoms with Crippen LogP contribution in [0.3, 0.4) is 0 Å². The number of fused-ring (bicyclic) bond motifs is 3. The van der Waals surface area contributed by atoms with E-state index in [4.69, 9.17) is 58.2 Å². The maximum absolute atomic E-state index is 14.2. The van der Waals surface area contributed by atoms with Gasteiger partial charge in [0.15, 0.2) is 24.7 Å². The third-order valence-corrected chi connectivity index (χ3v) is 19.9. The van der Waals surface area contributed by atoms with Crippen molar-refractivity contribution in [2.24, 2.45) is 16.8 Å². The Morgan fingerprint density at radius 3 is 1.90 bits per heavy atom. The van der Waals surface area contributed by atoms with Gasteiger partial charge in [0.2, 0.25) is 17.6 Å². The Bertz CT molecular complexity index is 3410. The lowest BCUT2D eigenvalue weighted by Gasteiger charge is -2.45. The van der Waals surface area contributed by atoms with E-state index in [-0.39, 0.29) is 91.0 Å². The van der Waals surface area contributed by atoms with Gasteiger partial charge in [-0.15, -0.1) is 5.10 Å². The monoisotopic (exact) mass is 1480 g/mol. The van der Waals surface area contributed by atoms with Crippen LogP contribution in [0.2, 0.25) is 0 Å². The van der Waals surface area contributed by atoms with Crippen LogP contribution in [0, 0.1) is 5.92 Å². The number of carboxylic acid groups (broad SMARTS) is 1. The maximum atomic E-state index is 14.2. The smallest absolute Gasteiger partial charge is 0.303 e. The first-order valence-corrected chi connectivity index (χ1v) is 35.1. The molecule has 0 radical (unpaired) electrons. The molecule has 0 bridgehead atoms. The van der Waals surface area contributed by atoms with Crippen LogP contribution in [0.5, 0.6) is 17.2 Å². The highest BCUT2D eigenvalue weighted by atomic mass is 16.7. The fourth-order valence-electron chi connectivity index (χ4n) is 14.1. The quantitative estimate of drug-likeness (QED) is 0.00960. The molecule has 1 saturated carbocycles. The van der Waals surface area contributed by atoms with Gasteiger partial charge in [0, 0.05) is 81.7 Å². The van der Waals surface area contributed by atoms with Crippen LogP contribution < -0.4 is 21.2 Å². The molecule has 3 saturated heterocycles. The normalized spacial score (nSPS) is 32.1. The molecule has 36 nitrogen and oxygen atoms in total. The lowest BCUT2D eigenvalue weighted by atomic mass is 9.71. The van der Waals surface area contributed by atoms with Crippen LogP contribution in [0.4, 0.5) is 0 Å². The highest BCUT2D eigenvalue weighted by Gasteiger charge is 2.53. The topological polar surface area (TPSA) is 554 Å². The molecule has 36 heteroatoms. The van der Waals surface area contributed by atoms with Crippen LogP contribution in [-0.2, 0) is 76.5 Å². The van der Waals surface area contributed by atoms with E-state index in [9.17, 15) is 90.4 Å². The molecule has 21 atom stereocenters. The SMILES string of the molecule is COc1cccc2c1C(=O)c1c(O)c3c(c(O)c1C2=O)C[C@@](O)(/C(CO)=N/NC(=O)CCCCCn1cc(CNC(=O)CCCCCO[C@H]2[C@H](O)[C@@H](O)[C@@H](OC[C@H]4O[C@H](OC)[C@H](O)[C@@H](O)[C@@H]4OCCCCCC(=O)O)O[C@@H]2CO[C@H]2O[C@H](CO)[C@@H](O)[C@H](O)[C@H]2O)nn1)CC3OC1CC(C)C(O)C(N)C1. The number of amides is 2. The number of hydrazone groups is 1. The summed E-state index contributed by atoms with van der Waals surface area (Å²) >= 11 is 0. The van der Waals surface area contributed by atoms with Gasteiger partial charge in [0.05, 0.1) is 87.0 Å². The number of nitrogens with zero attached hydrogens (tertiary/aromatic N) is 4. The average molecular weight is 1480 g/mol. The number of aromatic hydroxyl groups is 2. The molecule has 3 aliphatic carbocycles. The van der Waals surface area contributed by atoms with E-state index in [2.05, 4.69) is 26.2 Å². The second kappa shape index (κ2) is 37.4. The van der Waals surface area contributed by atoms with E-state index in [1.807, 2.05) is 0 Å². The number of hydrogen-bond acceptors (Lipinski definition) is 32. The zero-order valence-electron chi connectivity index (χ0n) is 58.1. The highest BCUT2D eigenvalue weighted by molar-refractivity contribution is 6.31. The fraction of sp³-hybridized carbons (Fsp3) is 0.706. The number of hydrogen-bond donors (Lipinski definition) is 17. The summed E-state index contributed by atoms with van der Waals surface area (Å²) in [6, 6.07) is 3.66. The largest absolute Gasteiger partial charge is 0.507 e. The molecular formula is C68H99N7O29. The molecule has 4 fully saturated rings. The number of carboxylic acids is 1. The lowest BCUT2D eigenvalue weighted by molar-refractivity contribution is -0.345. The van der Waals surface area contributed by atoms with Crippen LogP contribution in [0.1, 0.15) is 158 Å². The van der Waals surface area contributed by atoms with Crippen molar-refractivity contribution in [2.45, 2.75) is 245 Å². The van der Waals surface area contributed by atoms with Crippen molar-refractivity contribution >= 4 is 35.1 Å². The molecule has 2 amide bonds. The first kappa shape index (κ1) is 81.6. The van der Waals surface area contributed by atoms with Crippen molar-refractivity contribution in [2.75, 3.05) is 53.9 Å². The number of carbonyl (C=O) groups is 5. The van der Waals surface area contributed by atoms with Crippen LogP contribution in [-0.4, -0.2) is 291 Å². The molecule has 5 unspecified atom stereocenters. The summed E-state index contributed by atoms with van der Waals surface area (Å²) in [6.07, 6.45) is -20.3. The fourth-order valence-corrected chi connectivity index (χ4v) is 14.1. The molecule has 104 heavy (non-hydrogen) atoms. The Labute approximate surface area is 597 Å². The van der Waals surface area contributed by atoms with Gasteiger partial charge in [-0.25, -0.2) is 5.43 Å². The van der Waals surface area contributed by atoms with Crippen LogP contribution >= 0.6 is 0 Å². The number of ketones is 2. The highest BCUT2D eigenvalue weighted by Crippen LogP contribution is 2.53. The zero-order valence-corrected chi connectivity index (χ0v) is 58.1. The van der Waals surface area contributed by atoms with Crippen molar-refractivity contribution in [3.8, 4) is 17.2 Å². The molecule has 0 spiro atoms. The summed E-state index contributed by atoms with van der Waals surface area (Å²) in [6.45, 7) is -0.354. The number of aliphatic hydroxyl groups excluding tert-OH is 10. The number of rotatable bonds is 36. The van der Waals surface area contributed by atoms with Crippen molar-refractivity contribution < 1.29 is 143 Å². The van der Waals surface area contributed by atoms with Crippen molar-refractivity contribution in [1.82, 2.24) is 25.7 Å². The van der Waals surface area contributed by atoms with E-state index < -0.39 is 207 Å². The molecule has 1 aromatic heterocycles. The van der Waals surface area contributed by atoms with E-state index >= 15 is 0 Å². The molecule has 3 aliphatic heterocycles. The minimum Gasteiger partial charge on any atom is -0.507 e. The van der Waals surface area contributed by atoms with Gasteiger partial charge in [-0.1, -0.05) is 43.5 Å². The predicted octanol–water partition coefficient (Wildman–Crippen LogP) is -2.61. The number of nitrogens with one attached hydrogen (secondary N) is 2. The number of phenols is 2. The molecule has 9 rings (SSSR count). The number of carbonyl (C=O) groups excluding carboxylic acids is 4. The molecule has 6 aliphatic rings.